The first-order chi connectivity index (χ1) is 19.9. The van der Waals surface area contributed by atoms with Crippen LogP contribution in [0.4, 0.5) is 5.69 Å². The van der Waals surface area contributed by atoms with Crippen LogP contribution in [0.3, 0.4) is 0 Å². The maximum atomic E-state index is 14.2. The lowest BCUT2D eigenvalue weighted by atomic mass is 10.1. The molecule has 1 unspecified atom stereocenters. The van der Waals surface area contributed by atoms with E-state index in [1.54, 1.807) is 43.3 Å². The summed E-state index contributed by atoms with van der Waals surface area (Å²) in [5, 5.41) is 3.62. The molecule has 1 atom stereocenters. The van der Waals surface area contributed by atoms with Crippen molar-refractivity contribution in [1.29, 1.82) is 0 Å². The summed E-state index contributed by atoms with van der Waals surface area (Å²) >= 11 is 12.4. The first-order valence-corrected chi connectivity index (χ1v) is 16.3. The highest BCUT2D eigenvalue weighted by Gasteiger charge is 2.34. The zero-order valence-corrected chi connectivity index (χ0v) is 27.1. The van der Waals surface area contributed by atoms with Crippen molar-refractivity contribution in [3.05, 3.63) is 93.0 Å². The summed E-state index contributed by atoms with van der Waals surface area (Å²) in [5.74, 6) is -0.811. The van der Waals surface area contributed by atoms with E-state index in [0.717, 1.165) is 28.3 Å². The molecule has 0 saturated heterocycles. The zero-order chi connectivity index (χ0) is 31.0. The van der Waals surface area contributed by atoms with Crippen molar-refractivity contribution in [2.24, 2.45) is 0 Å². The Bertz CT molecular complexity index is 1510. The van der Waals surface area contributed by atoms with E-state index in [1.165, 1.54) is 17.0 Å². The smallest absolute Gasteiger partial charge is 0.264 e. The quantitative estimate of drug-likeness (QED) is 0.209. The molecule has 0 aliphatic heterocycles. The second-order valence-electron chi connectivity index (χ2n) is 10.5. The van der Waals surface area contributed by atoms with Crippen molar-refractivity contribution < 1.29 is 18.0 Å². The lowest BCUT2D eigenvalue weighted by molar-refractivity contribution is -0.140. The van der Waals surface area contributed by atoms with Crippen molar-refractivity contribution in [2.75, 3.05) is 17.4 Å². The third-order valence-corrected chi connectivity index (χ3v) is 9.59. The zero-order valence-electron chi connectivity index (χ0n) is 24.8. The Balaban J connectivity index is 2.09. The summed E-state index contributed by atoms with van der Waals surface area (Å²) in [6, 6.07) is 16.2. The summed E-state index contributed by atoms with van der Waals surface area (Å²) in [6.45, 7) is 9.43. The predicted octanol–water partition coefficient (Wildman–Crippen LogP) is 6.84. The molecule has 2 amide bonds. The van der Waals surface area contributed by atoms with Crippen molar-refractivity contribution in [2.45, 2.75) is 71.4 Å². The van der Waals surface area contributed by atoms with Gasteiger partial charge in [-0.15, -0.1) is 0 Å². The third kappa shape index (κ3) is 8.27. The topological polar surface area (TPSA) is 86.8 Å². The van der Waals surface area contributed by atoms with Gasteiger partial charge in [-0.2, -0.15) is 0 Å². The number of carbonyl (C=O) groups excluding carboxylic acids is 2. The minimum atomic E-state index is -4.15. The van der Waals surface area contributed by atoms with Gasteiger partial charge in [0.15, 0.2) is 0 Å². The SMILES string of the molecule is CCCCNC(=O)C(CC)N(Cc1ccc(Cl)c(Cl)c1)C(=O)CN(c1cc(C)ccc1C)S(=O)(=O)c1ccc(C)cc1. The van der Waals surface area contributed by atoms with E-state index in [-0.39, 0.29) is 17.3 Å². The van der Waals surface area contributed by atoms with Crippen molar-refractivity contribution >= 4 is 50.7 Å². The first kappa shape index (κ1) is 33.4. The molecular formula is C32H39Cl2N3O4S. The number of rotatable bonds is 13. The molecule has 0 spiro atoms. The molecule has 0 heterocycles. The summed E-state index contributed by atoms with van der Waals surface area (Å²) in [6.07, 6.45) is 2.04. The number of halogens is 2. The van der Waals surface area contributed by atoms with Crippen LogP contribution < -0.4 is 9.62 Å². The molecule has 3 aromatic rings. The van der Waals surface area contributed by atoms with Gasteiger partial charge in [0.25, 0.3) is 10.0 Å². The highest BCUT2D eigenvalue weighted by atomic mass is 35.5. The normalized spacial score (nSPS) is 12.1. The van der Waals surface area contributed by atoms with Crippen molar-refractivity contribution in [3.8, 4) is 0 Å². The van der Waals surface area contributed by atoms with Gasteiger partial charge in [-0.25, -0.2) is 8.42 Å². The number of hydrogen-bond donors (Lipinski definition) is 1. The molecule has 7 nitrogen and oxygen atoms in total. The lowest BCUT2D eigenvalue weighted by Crippen LogP contribution is -2.52. The Morgan fingerprint density at radius 3 is 2.17 bits per heavy atom. The first-order valence-electron chi connectivity index (χ1n) is 14.1. The molecule has 0 aromatic heterocycles. The number of carbonyl (C=O) groups is 2. The fraction of sp³-hybridized carbons (Fsp3) is 0.375. The van der Waals surface area contributed by atoms with Crippen LogP contribution in [0, 0.1) is 20.8 Å². The highest BCUT2D eigenvalue weighted by Crippen LogP contribution is 2.29. The molecule has 226 valence electrons. The fourth-order valence-corrected chi connectivity index (χ4v) is 6.39. The molecule has 10 heteroatoms. The standard InChI is InChI=1S/C32H39Cl2N3O4S/c1-6-8-17-35-32(39)29(7-2)36(20-25-13-16-27(33)28(34)19-25)31(38)21-37(30-18-23(4)9-12-24(30)5)42(40,41)26-14-10-22(3)11-15-26/h9-16,18-19,29H,6-8,17,20-21H2,1-5H3,(H,35,39). The molecular weight excluding hydrogens is 593 g/mol. The average Bonchev–Trinajstić information content (AvgIpc) is 2.95. The van der Waals surface area contributed by atoms with Gasteiger partial charge in [0.2, 0.25) is 11.8 Å². The van der Waals surface area contributed by atoms with E-state index in [1.807, 2.05) is 39.8 Å². The molecule has 3 aromatic carbocycles. The minimum Gasteiger partial charge on any atom is -0.354 e. The summed E-state index contributed by atoms with van der Waals surface area (Å²) in [5.41, 5.74) is 3.53. The van der Waals surface area contributed by atoms with Crippen molar-refractivity contribution in [1.82, 2.24) is 10.2 Å². The third-order valence-electron chi connectivity index (χ3n) is 7.07. The van der Waals surface area contributed by atoms with Gasteiger partial charge in [0, 0.05) is 13.1 Å². The molecule has 0 aliphatic rings. The van der Waals surface area contributed by atoms with Gasteiger partial charge in [0.1, 0.15) is 12.6 Å². The number of aryl methyl sites for hydroxylation is 3. The fourth-order valence-electron chi connectivity index (χ4n) is 4.60. The molecule has 42 heavy (non-hydrogen) atoms. The van der Waals surface area contributed by atoms with E-state index in [2.05, 4.69) is 5.32 Å². The van der Waals surface area contributed by atoms with Crippen LogP contribution in [0.1, 0.15) is 55.4 Å². The van der Waals surface area contributed by atoms with Gasteiger partial charge in [-0.05, 0) is 80.6 Å². The largest absolute Gasteiger partial charge is 0.354 e. The Hall–Kier alpha value is -3.07. The number of sulfonamides is 1. The van der Waals surface area contributed by atoms with Crippen molar-refractivity contribution in [3.63, 3.8) is 0 Å². The Morgan fingerprint density at radius 1 is 0.881 bits per heavy atom. The van der Waals surface area contributed by atoms with Gasteiger partial charge in [-0.1, -0.05) is 79.4 Å². The van der Waals surface area contributed by atoms with Crippen LogP contribution >= 0.6 is 23.2 Å². The maximum Gasteiger partial charge on any atom is 0.264 e. The summed E-state index contributed by atoms with van der Waals surface area (Å²) in [7, 11) is -4.15. The average molecular weight is 633 g/mol. The number of hydrogen-bond acceptors (Lipinski definition) is 4. The number of benzene rings is 3. The second-order valence-corrected chi connectivity index (χ2v) is 13.1. The number of amides is 2. The number of nitrogens with zero attached hydrogens (tertiary/aromatic N) is 2. The van der Waals surface area contributed by atoms with Crippen LogP contribution in [0.2, 0.25) is 10.0 Å². The summed E-state index contributed by atoms with van der Waals surface area (Å²) in [4.78, 5) is 29.1. The van der Waals surface area contributed by atoms with E-state index >= 15 is 0 Å². The van der Waals surface area contributed by atoms with E-state index in [9.17, 15) is 18.0 Å². The molecule has 0 fully saturated rings. The molecule has 0 radical (unpaired) electrons. The van der Waals surface area contributed by atoms with Crippen LogP contribution in [0.5, 0.6) is 0 Å². The predicted molar refractivity (Wildman–Crippen MR) is 171 cm³/mol. The monoisotopic (exact) mass is 631 g/mol. The van der Waals surface area contributed by atoms with Gasteiger partial charge in [-0.3, -0.25) is 13.9 Å². The number of nitrogens with one attached hydrogen (secondary N) is 1. The number of unbranched alkanes of at least 4 members (excludes halogenated alkanes) is 1. The second kappa shape index (κ2) is 14.9. The Morgan fingerprint density at radius 2 is 1.55 bits per heavy atom. The molecule has 1 N–H and O–H groups in total. The Labute approximate surface area is 259 Å². The summed E-state index contributed by atoms with van der Waals surface area (Å²) < 4.78 is 29.3. The van der Waals surface area contributed by atoms with Crippen LogP contribution in [0.25, 0.3) is 0 Å². The van der Waals surface area contributed by atoms with Gasteiger partial charge in [0.05, 0.1) is 20.6 Å². The maximum absolute atomic E-state index is 14.2. The van der Waals surface area contributed by atoms with E-state index in [0.29, 0.717) is 39.8 Å². The molecule has 0 bridgehead atoms. The highest BCUT2D eigenvalue weighted by molar-refractivity contribution is 7.92. The number of anilines is 1. The molecule has 3 rings (SSSR count). The Kier molecular flexibility index (Phi) is 11.9. The van der Waals surface area contributed by atoms with Crippen LogP contribution in [-0.4, -0.2) is 44.3 Å². The van der Waals surface area contributed by atoms with E-state index < -0.39 is 28.5 Å². The molecule has 0 saturated carbocycles. The van der Waals surface area contributed by atoms with Gasteiger partial charge < -0.3 is 10.2 Å². The van der Waals surface area contributed by atoms with Gasteiger partial charge >= 0.3 is 0 Å². The van der Waals surface area contributed by atoms with E-state index in [4.69, 9.17) is 23.2 Å². The van der Waals surface area contributed by atoms with Crippen LogP contribution in [-0.2, 0) is 26.2 Å². The molecule has 0 aliphatic carbocycles. The lowest BCUT2D eigenvalue weighted by Gasteiger charge is -2.33. The minimum absolute atomic E-state index is 0.0423. The van der Waals surface area contributed by atoms with Crippen LogP contribution in [0.15, 0.2) is 65.6 Å².